The van der Waals surface area contributed by atoms with Gasteiger partial charge in [-0.3, -0.25) is 4.79 Å². The molecule has 1 saturated heterocycles. The largest absolute Gasteiger partial charge is 0.484 e. The summed E-state index contributed by atoms with van der Waals surface area (Å²) in [7, 11) is 0. The Morgan fingerprint density at radius 2 is 2.21 bits per heavy atom. The van der Waals surface area contributed by atoms with Crippen LogP contribution in [0.4, 0.5) is 0 Å². The monoisotopic (exact) mass is 285 g/mol. The predicted molar refractivity (Wildman–Crippen MR) is 70.3 cm³/mol. The molecule has 2 N–H and O–H groups in total. The number of amides is 1. The molecule has 104 valence electrons. The van der Waals surface area contributed by atoms with Crippen LogP contribution in [0.1, 0.15) is 6.42 Å². The summed E-state index contributed by atoms with van der Waals surface area (Å²) in [6, 6.07) is 6.75. The summed E-state index contributed by atoms with van der Waals surface area (Å²) in [5.74, 6) is 0.290. The molecule has 0 saturated carbocycles. The third kappa shape index (κ3) is 4.38. The van der Waals surface area contributed by atoms with Crippen molar-refractivity contribution in [2.75, 3.05) is 26.4 Å². The summed E-state index contributed by atoms with van der Waals surface area (Å²) in [4.78, 5) is 11.6. The van der Waals surface area contributed by atoms with Crippen LogP contribution >= 0.6 is 11.6 Å². The van der Waals surface area contributed by atoms with Crippen molar-refractivity contribution in [1.82, 2.24) is 5.32 Å². The van der Waals surface area contributed by atoms with Crippen molar-refractivity contribution in [3.05, 3.63) is 29.3 Å². The second kappa shape index (κ2) is 6.23. The van der Waals surface area contributed by atoms with Gasteiger partial charge in [0.15, 0.2) is 6.61 Å². The minimum atomic E-state index is -0.948. The van der Waals surface area contributed by atoms with Gasteiger partial charge in [0.25, 0.3) is 5.91 Å². The van der Waals surface area contributed by atoms with Crippen molar-refractivity contribution >= 4 is 17.5 Å². The molecule has 2 rings (SSSR count). The van der Waals surface area contributed by atoms with Gasteiger partial charge in [0.2, 0.25) is 0 Å². The van der Waals surface area contributed by atoms with Gasteiger partial charge in [-0.1, -0.05) is 11.6 Å². The summed E-state index contributed by atoms with van der Waals surface area (Å²) in [6.07, 6.45) is 0.533. The Balaban J connectivity index is 1.71. The van der Waals surface area contributed by atoms with E-state index in [9.17, 15) is 9.90 Å². The van der Waals surface area contributed by atoms with Crippen molar-refractivity contribution in [2.24, 2.45) is 0 Å². The smallest absolute Gasteiger partial charge is 0.258 e. The lowest BCUT2D eigenvalue weighted by Crippen LogP contribution is -2.44. The Kier molecular flexibility index (Phi) is 4.63. The first-order chi connectivity index (χ1) is 9.07. The molecule has 0 bridgehead atoms. The van der Waals surface area contributed by atoms with Crippen molar-refractivity contribution < 1.29 is 19.4 Å². The standard InChI is InChI=1S/C13H16ClNO4/c14-10-1-3-11(4-2-10)19-7-12(16)15-8-13(17)5-6-18-9-13/h1-4,17H,5-9H2,(H,15,16). The Morgan fingerprint density at radius 1 is 1.47 bits per heavy atom. The fourth-order valence-corrected chi connectivity index (χ4v) is 1.86. The number of carbonyl (C=O) groups is 1. The number of carbonyl (C=O) groups excluding carboxylic acids is 1. The number of benzene rings is 1. The molecule has 1 aliphatic rings. The van der Waals surface area contributed by atoms with E-state index in [2.05, 4.69) is 5.32 Å². The van der Waals surface area contributed by atoms with Crippen LogP contribution in [0.3, 0.4) is 0 Å². The minimum Gasteiger partial charge on any atom is -0.484 e. The molecule has 6 heteroatoms. The fourth-order valence-electron chi connectivity index (χ4n) is 1.73. The third-order valence-corrected chi connectivity index (χ3v) is 3.13. The van der Waals surface area contributed by atoms with Crippen molar-refractivity contribution in [2.45, 2.75) is 12.0 Å². The first kappa shape index (κ1) is 14.1. The van der Waals surface area contributed by atoms with Crippen LogP contribution in [0.15, 0.2) is 24.3 Å². The predicted octanol–water partition coefficient (Wildman–Crippen LogP) is 0.986. The van der Waals surface area contributed by atoms with E-state index in [-0.39, 0.29) is 25.7 Å². The number of rotatable bonds is 5. The van der Waals surface area contributed by atoms with Gasteiger partial charge in [0.05, 0.1) is 6.61 Å². The zero-order valence-corrected chi connectivity index (χ0v) is 11.2. The summed E-state index contributed by atoms with van der Waals surface area (Å²) in [6.45, 7) is 0.855. The van der Waals surface area contributed by atoms with Gasteiger partial charge >= 0.3 is 0 Å². The van der Waals surface area contributed by atoms with E-state index in [1.165, 1.54) is 0 Å². The summed E-state index contributed by atoms with van der Waals surface area (Å²) < 4.78 is 10.4. The van der Waals surface area contributed by atoms with Gasteiger partial charge in [-0.15, -0.1) is 0 Å². The lowest BCUT2D eigenvalue weighted by atomic mass is 10.0. The lowest BCUT2D eigenvalue weighted by Gasteiger charge is -2.20. The molecule has 0 aromatic heterocycles. The zero-order chi connectivity index (χ0) is 13.7. The van der Waals surface area contributed by atoms with E-state index in [0.29, 0.717) is 23.8 Å². The average molecular weight is 286 g/mol. The molecule has 1 aromatic carbocycles. The van der Waals surface area contributed by atoms with E-state index < -0.39 is 5.60 Å². The van der Waals surface area contributed by atoms with Crippen LogP contribution < -0.4 is 10.1 Å². The number of hydrogen-bond donors (Lipinski definition) is 2. The summed E-state index contributed by atoms with van der Waals surface area (Å²) in [5, 5.41) is 13.2. The molecule has 5 nitrogen and oxygen atoms in total. The highest BCUT2D eigenvalue weighted by molar-refractivity contribution is 6.30. The molecule has 0 spiro atoms. The quantitative estimate of drug-likeness (QED) is 0.846. The number of aliphatic hydroxyl groups is 1. The van der Waals surface area contributed by atoms with Crippen LogP contribution in [0.5, 0.6) is 5.75 Å². The van der Waals surface area contributed by atoms with E-state index in [1.54, 1.807) is 24.3 Å². The Morgan fingerprint density at radius 3 is 2.84 bits per heavy atom. The van der Waals surface area contributed by atoms with Crippen LogP contribution in [-0.2, 0) is 9.53 Å². The topological polar surface area (TPSA) is 67.8 Å². The van der Waals surface area contributed by atoms with Gasteiger partial charge in [0, 0.05) is 24.6 Å². The second-order valence-electron chi connectivity index (χ2n) is 4.55. The van der Waals surface area contributed by atoms with Crippen LogP contribution in [0, 0.1) is 0 Å². The van der Waals surface area contributed by atoms with Gasteiger partial charge in [-0.25, -0.2) is 0 Å². The zero-order valence-electron chi connectivity index (χ0n) is 10.4. The van der Waals surface area contributed by atoms with Crippen LogP contribution in [0.2, 0.25) is 5.02 Å². The van der Waals surface area contributed by atoms with E-state index in [4.69, 9.17) is 21.1 Å². The normalized spacial score (nSPS) is 22.2. The molecule has 0 aliphatic carbocycles. The molecule has 1 atom stereocenters. The Bertz CT molecular complexity index is 429. The molecule has 1 fully saturated rings. The van der Waals surface area contributed by atoms with Crippen molar-refractivity contribution in [3.63, 3.8) is 0 Å². The maximum atomic E-state index is 11.6. The van der Waals surface area contributed by atoms with E-state index >= 15 is 0 Å². The first-order valence-corrected chi connectivity index (χ1v) is 6.40. The highest BCUT2D eigenvalue weighted by Crippen LogP contribution is 2.17. The maximum absolute atomic E-state index is 11.6. The lowest BCUT2D eigenvalue weighted by molar-refractivity contribution is -0.124. The highest BCUT2D eigenvalue weighted by Gasteiger charge is 2.32. The molecule has 1 heterocycles. The minimum absolute atomic E-state index is 0.0986. The molecule has 19 heavy (non-hydrogen) atoms. The summed E-state index contributed by atoms with van der Waals surface area (Å²) >= 11 is 5.74. The number of halogens is 1. The van der Waals surface area contributed by atoms with Gasteiger partial charge in [-0.2, -0.15) is 0 Å². The molecule has 1 unspecified atom stereocenters. The number of hydrogen-bond acceptors (Lipinski definition) is 4. The molecule has 1 amide bonds. The SMILES string of the molecule is O=C(COc1ccc(Cl)cc1)NCC1(O)CCOC1. The van der Waals surface area contributed by atoms with Crippen LogP contribution in [0.25, 0.3) is 0 Å². The van der Waals surface area contributed by atoms with Gasteiger partial charge in [-0.05, 0) is 24.3 Å². The fraction of sp³-hybridized carbons (Fsp3) is 0.462. The Labute approximate surface area is 116 Å². The first-order valence-electron chi connectivity index (χ1n) is 6.03. The average Bonchev–Trinajstić information content (AvgIpc) is 2.83. The Hall–Kier alpha value is -1.30. The van der Waals surface area contributed by atoms with Gasteiger partial charge < -0.3 is 19.9 Å². The highest BCUT2D eigenvalue weighted by atomic mass is 35.5. The second-order valence-corrected chi connectivity index (χ2v) is 4.98. The maximum Gasteiger partial charge on any atom is 0.258 e. The van der Waals surface area contributed by atoms with E-state index in [0.717, 1.165) is 0 Å². The van der Waals surface area contributed by atoms with Crippen molar-refractivity contribution in [1.29, 1.82) is 0 Å². The van der Waals surface area contributed by atoms with Crippen molar-refractivity contribution in [3.8, 4) is 5.75 Å². The third-order valence-electron chi connectivity index (χ3n) is 2.88. The number of nitrogens with one attached hydrogen (secondary N) is 1. The molecule has 0 radical (unpaired) electrons. The van der Waals surface area contributed by atoms with Crippen LogP contribution in [-0.4, -0.2) is 43.0 Å². The van der Waals surface area contributed by atoms with E-state index in [1.807, 2.05) is 0 Å². The summed E-state index contributed by atoms with van der Waals surface area (Å²) in [5.41, 5.74) is -0.948. The van der Waals surface area contributed by atoms with Gasteiger partial charge in [0.1, 0.15) is 11.4 Å². The number of ether oxygens (including phenoxy) is 2. The molecule has 1 aromatic rings. The molecular formula is C13H16ClNO4. The molecular weight excluding hydrogens is 270 g/mol. The molecule has 1 aliphatic heterocycles.